The number of nitrogens with zero attached hydrogens (tertiary/aromatic N) is 3. The number of rotatable bonds is 12. The van der Waals surface area contributed by atoms with Gasteiger partial charge in [0.05, 0.1) is 33.7 Å². The van der Waals surface area contributed by atoms with Crippen molar-refractivity contribution in [3.63, 3.8) is 0 Å². The molecule has 14 heteroatoms. The number of amides is 3. The molecule has 0 aliphatic carbocycles. The van der Waals surface area contributed by atoms with Gasteiger partial charge in [-0.15, -0.1) is 0 Å². The van der Waals surface area contributed by atoms with E-state index in [2.05, 4.69) is 36.7 Å². The third-order valence-electron chi connectivity index (χ3n) is 8.42. The van der Waals surface area contributed by atoms with Crippen molar-refractivity contribution in [1.29, 1.82) is 0 Å². The van der Waals surface area contributed by atoms with E-state index in [0.29, 0.717) is 55.1 Å². The van der Waals surface area contributed by atoms with Crippen LogP contribution in [0.4, 0.5) is 11.4 Å². The number of hydrogen-bond acceptors (Lipinski definition) is 8. The van der Waals surface area contributed by atoms with Crippen LogP contribution < -0.4 is 26.6 Å². The molecule has 1 saturated heterocycles. The van der Waals surface area contributed by atoms with Crippen LogP contribution in [0.5, 0.6) is 0 Å². The summed E-state index contributed by atoms with van der Waals surface area (Å²) >= 11 is 13.6. The Labute approximate surface area is 287 Å². The van der Waals surface area contributed by atoms with Gasteiger partial charge in [0, 0.05) is 62.0 Å². The summed E-state index contributed by atoms with van der Waals surface area (Å²) in [6.07, 6.45) is 4.80. The van der Waals surface area contributed by atoms with Crippen LogP contribution in [0.15, 0.2) is 60.8 Å². The van der Waals surface area contributed by atoms with Gasteiger partial charge in [-0.3, -0.25) is 24.0 Å². The molecule has 0 unspecified atom stereocenters. The fourth-order valence-electron chi connectivity index (χ4n) is 5.94. The molecule has 250 valence electrons. The molecule has 2 aromatic heterocycles. The molecule has 12 nitrogen and oxygen atoms in total. The Morgan fingerprint density at radius 1 is 0.958 bits per heavy atom. The van der Waals surface area contributed by atoms with Crippen molar-refractivity contribution in [2.45, 2.75) is 50.9 Å². The molecule has 2 aliphatic heterocycles. The maximum absolute atomic E-state index is 13.4. The Balaban J connectivity index is 1.14. The number of fused-ring (bicyclic) bond motifs is 1. The van der Waals surface area contributed by atoms with Crippen LogP contribution in [-0.4, -0.2) is 63.3 Å². The van der Waals surface area contributed by atoms with Crippen molar-refractivity contribution in [1.82, 2.24) is 30.7 Å². The molecule has 6 rings (SSSR count). The summed E-state index contributed by atoms with van der Waals surface area (Å²) in [6, 6.07) is 15.8. The van der Waals surface area contributed by atoms with Crippen LogP contribution in [-0.2, 0) is 17.9 Å². The van der Waals surface area contributed by atoms with E-state index in [1.165, 1.54) is 0 Å². The summed E-state index contributed by atoms with van der Waals surface area (Å²) in [5.41, 5.74) is 4.21. The molecule has 6 N–H and O–H groups in total. The number of aromatic nitrogens is 3. The molecule has 2 aliphatic rings. The zero-order valence-corrected chi connectivity index (χ0v) is 27.6. The zero-order valence-electron chi connectivity index (χ0n) is 26.1. The lowest BCUT2D eigenvalue weighted by Gasteiger charge is -2.25. The Morgan fingerprint density at radius 3 is 2.29 bits per heavy atom. The molecule has 3 amide bonds. The van der Waals surface area contributed by atoms with E-state index in [4.69, 9.17) is 28.3 Å². The van der Waals surface area contributed by atoms with Gasteiger partial charge in [-0.25, -0.2) is 0 Å². The molecule has 0 bridgehead atoms. The average Bonchev–Trinajstić information content (AvgIpc) is 3.73. The van der Waals surface area contributed by atoms with Crippen LogP contribution in [0.25, 0.3) is 11.1 Å². The molecule has 2 aromatic carbocycles. The molecule has 1 fully saturated rings. The average molecular weight is 692 g/mol. The van der Waals surface area contributed by atoms with E-state index >= 15 is 0 Å². The summed E-state index contributed by atoms with van der Waals surface area (Å²) in [5.74, 6) is -0.743. The summed E-state index contributed by atoms with van der Waals surface area (Å²) in [4.78, 5) is 42.2. The fourth-order valence-corrected chi connectivity index (χ4v) is 6.49. The van der Waals surface area contributed by atoms with E-state index in [1.807, 2.05) is 4.68 Å². The van der Waals surface area contributed by atoms with Gasteiger partial charge in [0.2, 0.25) is 5.91 Å². The summed E-state index contributed by atoms with van der Waals surface area (Å²) in [5, 5.41) is 29.4. The molecule has 0 radical (unpaired) electrons. The minimum atomic E-state index is -0.429. The highest BCUT2D eigenvalue weighted by Gasteiger charge is 2.27. The predicted octanol–water partition coefficient (Wildman–Crippen LogP) is 4.54. The second-order valence-corrected chi connectivity index (χ2v) is 12.5. The number of aryl methyl sites for hydroxylation is 1. The Kier molecular flexibility index (Phi) is 10.7. The third-order valence-corrected chi connectivity index (χ3v) is 9.23. The van der Waals surface area contributed by atoms with Gasteiger partial charge in [-0.1, -0.05) is 53.5 Å². The number of carbonyl (C=O) groups excluding carboxylic acids is 3. The van der Waals surface area contributed by atoms with Crippen LogP contribution in [0.3, 0.4) is 0 Å². The van der Waals surface area contributed by atoms with Crippen molar-refractivity contribution in [2.75, 3.05) is 30.3 Å². The van der Waals surface area contributed by atoms with Gasteiger partial charge < -0.3 is 31.7 Å². The van der Waals surface area contributed by atoms with E-state index in [0.717, 1.165) is 30.5 Å². The Hall–Kier alpha value is -4.33. The molecule has 4 aromatic rings. The minimum absolute atomic E-state index is 0.0296. The summed E-state index contributed by atoms with van der Waals surface area (Å²) in [6.45, 7) is 2.40. The smallest absolute Gasteiger partial charge is 0.276 e. The standard InChI is InChI=1S/C34H36Cl2N8O4/c35-31-22(4-1-6-25(31)41-33(47)27-11-9-20(18-38-27)17-37-13-15-45)23-5-2-7-26(32(23)36)42-34(48)28-16-29-24(8-3-14-44(29)43-28)39-19-21-10-12-30(46)40-21/h1-2,4-7,9,11,16,18,21,24,37,39,45H,3,8,10,12-15,17,19H2,(H,40,46)(H,41,47)(H,42,48)/t21-,24+/m0/s1. The lowest BCUT2D eigenvalue weighted by molar-refractivity contribution is -0.119. The maximum Gasteiger partial charge on any atom is 0.276 e. The van der Waals surface area contributed by atoms with E-state index in [-0.39, 0.29) is 46.0 Å². The zero-order chi connectivity index (χ0) is 33.6. The van der Waals surface area contributed by atoms with Gasteiger partial charge in [-0.05, 0) is 49.1 Å². The lowest BCUT2D eigenvalue weighted by atomic mass is 10.0. The quantitative estimate of drug-likeness (QED) is 0.118. The number of pyridine rings is 1. The Morgan fingerprint density at radius 2 is 1.67 bits per heavy atom. The highest BCUT2D eigenvalue weighted by Crippen LogP contribution is 2.40. The number of halogens is 2. The normalized spacial score (nSPS) is 17.1. The molecule has 0 saturated carbocycles. The minimum Gasteiger partial charge on any atom is -0.395 e. The van der Waals surface area contributed by atoms with Gasteiger partial charge in [0.25, 0.3) is 11.8 Å². The lowest BCUT2D eigenvalue weighted by Crippen LogP contribution is -2.38. The summed E-state index contributed by atoms with van der Waals surface area (Å²) < 4.78 is 1.86. The first-order chi connectivity index (χ1) is 23.3. The topological polar surface area (TPSA) is 162 Å². The number of carbonyl (C=O) groups is 3. The fraction of sp³-hybridized carbons (Fsp3) is 0.324. The van der Waals surface area contributed by atoms with Crippen LogP contribution >= 0.6 is 23.2 Å². The number of aliphatic hydroxyl groups excluding tert-OH is 1. The van der Waals surface area contributed by atoms with Gasteiger partial charge in [0.1, 0.15) is 5.69 Å². The number of nitrogens with one attached hydrogen (secondary N) is 5. The van der Waals surface area contributed by atoms with E-state index in [1.54, 1.807) is 60.8 Å². The highest BCUT2D eigenvalue weighted by atomic mass is 35.5. The first-order valence-electron chi connectivity index (χ1n) is 15.9. The third kappa shape index (κ3) is 7.69. The number of hydrogen-bond donors (Lipinski definition) is 6. The largest absolute Gasteiger partial charge is 0.395 e. The van der Waals surface area contributed by atoms with Crippen molar-refractivity contribution in [3.8, 4) is 11.1 Å². The molecule has 0 spiro atoms. The molecule has 2 atom stereocenters. The van der Waals surface area contributed by atoms with E-state index < -0.39 is 11.8 Å². The molecular formula is C34H36Cl2N8O4. The van der Waals surface area contributed by atoms with Gasteiger partial charge >= 0.3 is 0 Å². The predicted molar refractivity (Wildman–Crippen MR) is 184 cm³/mol. The van der Waals surface area contributed by atoms with Crippen LogP contribution in [0, 0.1) is 0 Å². The monoisotopic (exact) mass is 690 g/mol. The molecule has 48 heavy (non-hydrogen) atoms. The van der Waals surface area contributed by atoms with E-state index in [9.17, 15) is 14.4 Å². The number of benzene rings is 2. The Bertz CT molecular complexity index is 1810. The SMILES string of the molecule is O=C1CC[C@@H](CN[C@@H]2CCCn3nc(C(=O)Nc4cccc(-c5cccc(NC(=O)c6ccc(CNCCO)cn6)c5Cl)c4Cl)cc32)N1. The summed E-state index contributed by atoms with van der Waals surface area (Å²) in [7, 11) is 0. The van der Waals surface area contributed by atoms with Crippen molar-refractivity contribution in [3.05, 3.63) is 93.5 Å². The maximum atomic E-state index is 13.4. The van der Waals surface area contributed by atoms with Crippen LogP contribution in [0.1, 0.15) is 64.0 Å². The molecule has 4 heterocycles. The first kappa shape index (κ1) is 33.6. The second-order valence-electron chi connectivity index (χ2n) is 11.8. The van der Waals surface area contributed by atoms with Gasteiger partial charge in [0.15, 0.2) is 5.69 Å². The first-order valence-corrected chi connectivity index (χ1v) is 16.6. The number of anilines is 2. The van der Waals surface area contributed by atoms with Crippen molar-refractivity contribution in [2.24, 2.45) is 0 Å². The van der Waals surface area contributed by atoms with Crippen molar-refractivity contribution < 1.29 is 19.5 Å². The van der Waals surface area contributed by atoms with Crippen LogP contribution in [0.2, 0.25) is 10.0 Å². The second kappa shape index (κ2) is 15.3. The highest BCUT2D eigenvalue weighted by molar-refractivity contribution is 6.40. The number of aliphatic hydroxyl groups is 1. The van der Waals surface area contributed by atoms with Gasteiger partial charge in [-0.2, -0.15) is 5.10 Å². The van der Waals surface area contributed by atoms with Crippen molar-refractivity contribution >= 4 is 52.3 Å². The molecular weight excluding hydrogens is 655 g/mol.